The second-order valence-electron chi connectivity index (χ2n) is 6.18. The van der Waals surface area contributed by atoms with E-state index in [1.54, 1.807) is 0 Å². The van der Waals surface area contributed by atoms with Crippen LogP contribution < -0.4 is 5.32 Å². The van der Waals surface area contributed by atoms with Gasteiger partial charge in [-0.05, 0) is 19.1 Å². The minimum absolute atomic E-state index is 0.0797. The minimum Gasteiger partial charge on any atom is -0.325 e. The number of benzene rings is 1. The number of carbonyl (C=O) groups excluding carboxylic acids is 1. The highest BCUT2D eigenvalue weighted by atomic mass is 32.2. The van der Waals surface area contributed by atoms with Gasteiger partial charge in [-0.25, -0.2) is 0 Å². The second-order valence-corrected chi connectivity index (χ2v) is 8.11. The molecule has 25 heavy (non-hydrogen) atoms. The molecule has 1 N–H and O–H groups in total. The molecule has 140 valence electrons. The first kappa shape index (κ1) is 19.8. The van der Waals surface area contributed by atoms with Crippen LogP contribution in [0.5, 0.6) is 0 Å². The number of nitrogens with zero attached hydrogens (tertiary/aromatic N) is 3. The molecule has 0 aromatic heterocycles. The first-order valence-corrected chi connectivity index (χ1v) is 10.1. The molecule has 7 nitrogen and oxygen atoms in total. The third kappa shape index (κ3) is 5.24. The summed E-state index contributed by atoms with van der Waals surface area (Å²) in [6.45, 7) is 8.83. The lowest BCUT2D eigenvalue weighted by molar-refractivity contribution is -0.117. The topological polar surface area (TPSA) is 73.0 Å². The number of amides is 1. The van der Waals surface area contributed by atoms with Gasteiger partial charge in [-0.2, -0.15) is 17.0 Å². The first-order valence-electron chi connectivity index (χ1n) is 8.71. The van der Waals surface area contributed by atoms with Gasteiger partial charge in [0.05, 0.1) is 6.54 Å². The van der Waals surface area contributed by atoms with Crippen LogP contribution in [0.2, 0.25) is 0 Å². The smallest absolute Gasteiger partial charge is 0.282 e. The van der Waals surface area contributed by atoms with Crippen LogP contribution in [0.3, 0.4) is 0 Å². The molecule has 0 spiro atoms. The van der Waals surface area contributed by atoms with Crippen LogP contribution in [-0.2, 0) is 15.0 Å². The molecule has 1 aliphatic heterocycles. The Morgan fingerprint density at radius 3 is 2.16 bits per heavy atom. The van der Waals surface area contributed by atoms with E-state index in [-0.39, 0.29) is 12.5 Å². The van der Waals surface area contributed by atoms with Gasteiger partial charge in [-0.15, -0.1) is 0 Å². The number of aryl methyl sites for hydroxylation is 1. The Kier molecular flexibility index (Phi) is 6.95. The predicted octanol–water partition coefficient (Wildman–Crippen LogP) is 1.14. The third-order valence-electron chi connectivity index (χ3n) is 4.39. The molecule has 0 unspecified atom stereocenters. The average Bonchev–Trinajstić information content (AvgIpc) is 2.58. The zero-order valence-electron chi connectivity index (χ0n) is 15.2. The molecule has 1 aromatic carbocycles. The molecular formula is C17H28N4O3S. The summed E-state index contributed by atoms with van der Waals surface area (Å²) in [5.74, 6) is -0.0797. The summed E-state index contributed by atoms with van der Waals surface area (Å²) in [6.07, 6.45) is 0. The van der Waals surface area contributed by atoms with Gasteiger partial charge in [0, 0.05) is 45.0 Å². The molecule has 1 aliphatic rings. The third-order valence-corrected chi connectivity index (χ3v) is 6.58. The molecule has 0 bridgehead atoms. The monoisotopic (exact) mass is 368 g/mol. The van der Waals surface area contributed by atoms with Crippen LogP contribution in [0.4, 0.5) is 5.69 Å². The van der Waals surface area contributed by atoms with Crippen molar-refractivity contribution >= 4 is 21.8 Å². The Bertz CT molecular complexity index is 664. The number of hydrogen-bond donors (Lipinski definition) is 1. The van der Waals surface area contributed by atoms with Gasteiger partial charge < -0.3 is 5.32 Å². The normalized spacial score (nSPS) is 17.0. The van der Waals surface area contributed by atoms with E-state index < -0.39 is 10.2 Å². The molecule has 0 radical (unpaired) electrons. The molecule has 2 rings (SSSR count). The van der Waals surface area contributed by atoms with E-state index in [1.165, 1.54) is 8.61 Å². The summed E-state index contributed by atoms with van der Waals surface area (Å²) >= 11 is 0. The maximum Gasteiger partial charge on any atom is 0.282 e. The van der Waals surface area contributed by atoms with Crippen LogP contribution in [-0.4, -0.2) is 73.6 Å². The number of carbonyl (C=O) groups is 1. The molecule has 8 heteroatoms. The van der Waals surface area contributed by atoms with Gasteiger partial charge in [0.1, 0.15) is 0 Å². The van der Waals surface area contributed by atoms with Crippen molar-refractivity contribution < 1.29 is 13.2 Å². The Morgan fingerprint density at radius 2 is 1.64 bits per heavy atom. The van der Waals surface area contributed by atoms with Gasteiger partial charge in [0.15, 0.2) is 0 Å². The summed E-state index contributed by atoms with van der Waals surface area (Å²) in [5, 5.41) is 2.87. The predicted molar refractivity (Wildman–Crippen MR) is 99.7 cm³/mol. The van der Waals surface area contributed by atoms with Gasteiger partial charge in [-0.1, -0.05) is 31.5 Å². The fraction of sp³-hybridized carbons (Fsp3) is 0.588. The number of anilines is 1. The van der Waals surface area contributed by atoms with Crippen molar-refractivity contribution in [1.29, 1.82) is 0 Å². The van der Waals surface area contributed by atoms with Crippen molar-refractivity contribution in [2.75, 3.05) is 51.1 Å². The van der Waals surface area contributed by atoms with Crippen molar-refractivity contribution in [1.82, 2.24) is 13.5 Å². The van der Waals surface area contributed by atoms with Crippen molar-refractivity contribution in [3.8, 4) is 0 Å². The Balaban J connectivity index is 1.83. The Labute approximate surface area is 150 Å². The zero-order valence-corrected chi connectivity index (χ0v) is 16.1. The lowest BCUT2D eigenvalue weighted by Crippen LogP contribution is -2.54. The molecule has 1 heterocycles. The highest BCUT2D eigenvalue weighted by molar-refractivity contribution is 7.86. The van der Waals surface area contributed by atoms with Gasteiger partial charge in [0.2, 0.25) is 5.91 Å². The number of nitrogens with one attached hydrogen (secondary N) is 1. The Hall–Kier alpha value is -1.48. The van der Waals surface area contributed by atoms with E-state index >= 15 is 0 Å². The molecule has 1 aromatic rings. The van der Waals surface area contributed by atoms with E-state index in [4.69, 9.17) is 0 Å². The molecule has 0 aliphatic carbocycles. The van der Waals surface area contributed by atoms with Crippen molar-refractivity contribution in [2.24, 2.45) is 0 Å². The van der Waals surface area contributed by atoms with Crippen molar-refractivity contribution in [2.45, 2.75) is 20.8 Å². The maximum atomic E-state index is 12.5. The van der Waals surface area contributed by atoms with Gasteiger partial charge in [0.25, 0.3) is 10.2 Å². The standard InChI is InChI=1S/C17H28N4O3S/c1-4-20(5-2)25(23,24)21-12-10-19(11-13-21)14-17(22)18-16-8-6-15(3)7-9-16/h6-9H,4-5,10-14H2,1-3H3,(H,18,22). The van der Waals surface area contributed by atoms with Crippen LogP contribution in [0, 0.1) is 6.92 Å². The highest BCUT2D eigenvalue weighted by Crippen LogP contribution is 2.13. The van der Waals surface area contributed by atoms with E-state index in [0.717, 1.165) is 11.3 Å². The van der Waals surface area contributed by atoms with Gasteiger partial charge >= 0.3 is 0 Å². The largest absolute Gasteiger partial charge is 0.325 e. The van der Waals surface area contributed by atoms with Crippen LogP contribution in [0.15, 0.2) is 24.3 Å². The minimum atomic E-state index is -3.39. The maximum absolute atomic E-state index is 12.5. The first-order chi connectivity index (χ1) is 11.9. The molecular weight excluding hydrogens is 340 g/mol. The highest BCUT2D eigenvalue weighted by Gasteiger charge is 2.31. The van der Waals surface area contributed by atoms with E-state index in [2.05, 4.69) is 5.32 Å². The Morgan fingerprint density at radius 1 is 1.08 bits per heavy atom. The van der Waals surface area contributed by atoms with Crippen molar-refractivity contribution in [3.63, 3.8) is 0 Å². The zero-order chi connectivity index (χ0) is 18.4. The van der Waals surface area contributed by atoms with E-state index in [0.29, 0.717) is 39.3 Å². The fourth-order valence-electron chi connectivity index (χ4n) is 2.87. The van der Waals surface area contributed by atoms with Crippen LogP contribution in [0.25, 0.3) is 0 Å². The van der Waals surface area contributed by atoms with Gasteiger partial charge in [-0.3, -0.25) is 9.69 Å². The van der Waals surface area contributed by atoms with E-state index in [1.807, 2.05) is 49.9 Å². The summed E-state index contributed by atoms with van der Waals surface area (Å²) < 4.78 is 28.0. The molecule has 1 fully saturated rings. The average molecular weight is 369 g/mol. The molecule has 1 amide bonds. The second kappa shape index (κ2) is 8.75. The van der Waals surface area contributed by atoms with Crippen LogP contribution >= 0.6 is 0 Å². The number of rotatable bonds is 7. The number of hydrogen-bond acceptors (Lipinski definition) is 4. The lowest BCUT2D eigenvalue weighted by atomic mass is 10.2. The lowest BCUT2D eigenvalue weighted by Gasteiger charge is -2.35. The summed E-state index contributed by atoms with van der Waals surface area (Å²) in [4.78, 5) is 14.1. The summed E-state index contributed by atoms with van der Waals surface area (Å²) in [5.41, 5.74) is 1.92. The molecule has 0 saturated carbocycles. The van der Waals surface area contributed by atoms with Crippen LogP contribution in [0.1, 0.15) is 19.4 Å². The number of piperazine rings is 1. The fourth-order valence-corrected chi connectivity index (χ4v) is 4.48. The quantitative estimate of drug-likeness (QED) is 0.783. The molecule has 0 atom stereocenters. The molecule has 1 saturated heterocycles. The van der Waals surface area contributed by atoms with Crippen molar-refractivity contribution in [3.05, 3.63) is 29.8 Å². The SMILES string of the molecule is CCN(CC)S(=O)(=O)N1CCN(CC(=O)Nc2ccc(C)cc2)CC1. The summed E-state index contributed by atoms with van der Waals surface area (Å²) in [7, 11) is -3.39. The van der Waals surface area contributed by atoms with E-state index in [9.17, 15) is 13.2 Å². The summed E-state index contributed by atoms with van der Waals surface area (Å²) in [6, 6.07) is 7.66.